The minimum Gasteiger partial charge on any atom is -0.465 e. The van der Waals surface area contributed by atoms with E-state index in [0.29, 0.717) is 16.8 Å². The number of aryl methyl sites for hydroxylation is 1. The number of rotatable bonds is 5. The molecular formula is C13H15N3O4. The van der Waals surface area contributed by atoms with Gasteiger partial charge >= 0.3 is 5.97 Å². The van der Waals surface area contributed by atoms with Crippen LogP contribution in [0, 0.1) is 41.2 Å². The first-order chi connectivity index (χ1) is 9.42. The van der Waals surface area contributed by atoms with Crippen LogP contribution in [-0.2, 0) is 16.0 Å². The number of nitriles is 1. The highest BCUT2D eigenvalue weighted by Gasteiger charge is 2.25. The average Bonchev–Trinajstić information content (AvgIpc) is 2.37. The van der Waals surface area contributed by atoms with Crippen molar-refractivity contribution >= 4 is 11.7 Å². The Morgan fingerprint density at radius 3 is 2.75 bits per heavy atom. The molecule has 1 unspecified atom stereocenters. The lowest BCUT2D eigenvalue weighted by molar-refractivity contribution is -0.386. The summed E-state index contributed by atoms with van der Waals surface area (Å²) in [5, 5.41) is 20.0. The van der Waals surface area contributed by atoms with Crippen molar-refractivity contribution in [2.75, 3.05) is 6.61 Å². The van der Waals surface area contributed by atoms with Gasteiger partial charge in [0.25, 0.3) is 5.69 Å². The molecule has 0 aromatic carbocycles. The zero-order valence-electron chi connectivity index (χ0n) is 11.5. The second-order valence-electron chi connectivity index (χ2n) is 4.26. The lowest BCUT2D eigenvalue weighted by atomic mass is 10.00. The Kier molecular flexibility index (Phi) is 5.15. The third-order valence-electron chi connectivity index (χ3n) is 2.88. The molecule has 106 valence electrons. The number of carbonyl (C=O) groups excluding carboxylic acids is 1. The molecular weight excluding hydrogens is 262 g/mol. The molecule has 20 heavy (non-hydrogen) atoms. The van der Waals surface area contributed by atoms with Crippen molar-refractivity contribution in [3.05, 3.63) is 33.1 Å². The van der Waals surface area contributed by atoms with Gasteiger partial charge in [0.05, 0.1) is 23.3 Å². The molecule has 0 amide bonds. The molecule has 0 aliphatic rings. The van der Waals surface area contributed by atoms with Crippen molar-refractivity contribution in [2.24, 2.45) is 5.92 Å². The molecule has 1 atom stereocenters. The van der Waals surface area contributed by atoms with Gasteiger partial charge < -0.3 is 4.74 Å². The van der Waals surface area contributed by atoms with Crippen LogP contribution in [0.5, 0.6) is 0 Å². The Bertz CT molecular complexity index is 578. The highest BCUT2D eigenvalue weighted by Crippen LogP contribution is 2.25. The fourth-order valence-corrected chi connectivity index (χ4v) is 1.87. The molecule has 0 bridgehead atoms. The van der Waals surface area contributed by atoms with E-state index in [4.69, 9.17) is 10.00 Å². The summed E-state index contributed by atoms with van der Waals surface area (Å²) < 4.78 is 4.79. The summed E-state index contributed by atoms with van der Waals surface area (Å²) in [6.45, 7) is 4.98. The highest BCUT2D eigenvalue weighted by atomic mass is 16.6. The smallest absolute Gasteiger partial charge is 0.323 e. The lowest BCUT2D eigenvalue weighted by Gasteiger charge is -2.10. The quantitative estimate of drug-likeness (QED) is 0.462. The fourth-order valence-electron chi connectivity index (χ4n) is 1.87. The van der Waals surface area contributed by atoms with Gasteiger partial charge in [0.2, 0.25) is 0 Å². The topological polar surface area (TPSA) is 106 Å². The SMILES string of the molecule is CCOC(=O)C(C#N)Cc1ncc(C)c([N+](=O)[O-])c1C. The maximum Gasteiger partial charge on any atom is 0.323 e. The standard InChI is InChI=1S/C13H15N3O4/c1-4-20-13(17)10(6-14)5-11-9(3)12(16(18)19)8(2)7-15-11/h7,10H,4-5H2,1-3H3. The van der Waals surface area contributed by atoms with E-state index in [0.717, 1.165) is 0 Å². The van der Waals surface area contributed by atoms with Crippen LogP contribution >= 0.6 is 0 Å². The molecule has 0 radical (unpaired) electrons. The van der Waals surface area contributed by atoms with Gasteiger partial charge in [-0.05, 0) is 20.8 Å². The van der Waals surface area contributed by atoms with Crippen LogP contribution in [0.3, 0.4) is 0 Å². The van der Waals surface area contributed by atoms with E-state index in [1.165, 1.54) is 6.20 Å². The number of ether oxygens (including phenoxy) is 1. The number of nitro groups is 1. The van der Waals surface area contributed by atoms with Crippen LogP contribution in [0.15, 0.2) is 6.20 Å². The third kappa shape index (κ3) is 3.29. The van der Waals surface area contributed by atoms with E-state index >= 15 is 0 Å². The normalized spacial score (nSPS) is 11.5. The monoisotopic (exact) mass is 277 g/mol. The predicted molar refractivity (Wildman–Crippen MR) is 69.8 cm³/mol. The molecule has 0 saturated carbocycles. The molecule has 0 aliphatic carbocycles. The van der Waals surface area contributed by atoms with Crippen molar-refractivity contribution in [1.29, 1.82) is 5.26 Å². The molecule has 1 aromatic heterocycles. The van der Waals surface area contributed by atoms with Crippen molar-refractivity contribution in [3.63, 3.8) is 0 Å². The first-order valence-electron chi connectivity index (χ1n) is 6.08. The highest BCUT2D eigenvalue weighted by molar-refractivity contribution is 5.75. The first kappa shape index (κ1) is 15.6. The number of carbonyl (C=O) groups is 1. The van der Waals surface area contributed by atoms with E-state index in [2.05, 4.69) is 4.98 Å². The molecule has 1 heterocycles. The van der Waals surface area contributed by atoms with Gasteiger partial charge in [-0.15, -0.1) is 0 Å². The van der Waals surface area contributed by atoms with Crippen molar-refractivity contribution in [2.45, 2.75) is 27.2 Å². The maximum absolute atomic E-state index is 11.6. The van der Waals surface area contributed by atoms with Gasteiger partial charge in [-0.2, -0.15) is 5.26 Å². The van der Waals surface area contributed by atoms with Crippen LogP contribution in [0.25, 0.3) is 0 Å². The van der Waals surface area contributed by atoms with Crippen LogP contribution in [0.2, 0.25) is 0 Å². The lowest BCUT2D eigenvalue weighted by Crippen LogP contribution is -2.19. The molecule has 0 fully saturated rings. The van der Waals surface area contributed by atoms with Crippen molar-refractivity contribution in [3.8, 4) is 6.07 Å². The van der Waals surface area contributed by atoms with E-state index in [1.54, 1.807) is 20.8 Å². The fraction of sp³-hybridized carbons (Fsp3) is 0.462. The Labute approximate surface area is 116 Å². The van der Waals surface area contributed by atoms with Gasteiger partial charge in [0.1, 0.15) is 5.92 Å². The summed E-state index contributed by atoms with van der Waals surface area (Å²) in [5.74, 6) is -1.65. The number of esters is 1. The zero-order valence-corrected chi connectivity index (χ0v) is 11.5. The van der Waals surface area contributed by atoms with Gasteiger partial charge in [-0.25, -0.2) is 0 Å². The molecule has 7 nitrogen and oxygen atoms in total. The second kappa shape index (κ2) is 6.61. The van der Waals surface area contributed by atoms with Crippen LogP contribution in [0.4, 0.5) is 5.69 Å². The Morgan fingerprint density at radius 2 is 2.25 bits per heavy atom. The van der Waals surface area contributed by atoms with Crippen molar-refractivity contribution in [1.82, 2.24) is 4.98 Å². The van der Waals surface area contributed by atoms with E-state index in [-0.39, 0.29) is 18.7 Å². The largest absolute Gasteiger partial charge is 0.465 e. The number of hydrogen-bond donors (Lipinski definition) is 0. The second-order valence-corrected chi connectivity index (χ2v) is 4.26. The predicted octanol–water partition coefficient (Wildman–Crippen LogP) is 1.85. The third-order valence-corrected chi connectivity index (χ3v) is 2.88. The Hall–Kier alpha value is -2.49. The van der Waals surface area contributed by atoms with Crippen molar-refractivity contribution < 1.29 is 14.5 Å². The Morgan fingerprint density at radius 1 is 1.60 bits per heavy atom. The summed E-state index contributed by atoms with van der Waals surface area (Å²) in [4.78, 5) is 26.2. The minimum absolute atomic E-state index is 0.00227. The van der Waals surface area contributed by atoms with Crippen LogP contribution in [0.1, 0.15) is 23.7 Å². The molecule has 1 rings (SSSR count). The number of pyridine rings is 1. The van der Waals surface area contributed by atoms with Crippen LogP contribution in [-0.4, -0.2) is 22.5 Å². The van der Waals surface area contributed by atoms with Gasteiger partial charge in [-0.1, -0.05) is 0 Å². The van der Waals surface area contributed by atoms with Gasteiger partial charge in [-0.3, -0.25) is 19.9 Å². The van der Waals surface area contributed by atoms with Gasteiger partial charge in [0.15, 0.2) is 0 Å². The van der Waals surface area contributed by atoms with Crippen LogP contribution < -0.4 is 0 Å². The average molecular weight is 277 g/mol. The number of aromatic nitrogens is 1. The Balaban J connectivity index is 3.10. The zero-order chi connectivity index (χ0) is 15.3. The molecule has 1 aromatic rings. The van der Waals surface area contributed by atoms with Gasteiger partial charge in [0, 0.05) is 23.7 Å². The molecule has 0 aliphatic heterocycles. The molecule has 7 heteroatoms. The summed E-state index contributed by atoms with van der Waals surface area (Å²) in [5.41, 5.74) is 1.15. The summed E-state index contributed by atoms with van der Waals surface area (Å²) in [6.07, 6.45) is 1.38. The number of hydrogen-bond acceptors (Lipinski definition) is 6. The molecule has 0 saturated heterocycles. The molecule has 0 spiro atoms. The summed E-state index contributed by atoms with van der Waals surface area (Å²) >= 11 is 0. The summed E-state index contributed by atoms with van der Waals surface area (Å²) in [7, 11) is 0. The first-order valence-corrected chi connectivity index (χ1v) is 6.08. The minimum atomic E-state index is -1.01. The van der Waals surface area contributed by atoms with E-state index in [1.807, 2.05) is 6.07 Å². The molecule has 0 N–H and O–H groups in total. The van der Waals surface area contributed by atoms with E-state index in [9.17, 15) is 14.9 Å². The maximum atomic E-state index is 11.6. The van der Waals surface area contributed by atoms with E-state index < -0.39 is 16.8 Å². The number of nitrogens with zero attached hydrogens (tertiary/aromatic N) is 3. The summed E-state index contributed by atoms with van der Waals surface area (Å²) in [6, 6.07) is 1.84.